The molecule has 1 heterocycles. The lowest BCUT2D eigenvalue weighted by Gasteiger charge is -2.26. The highest BCUT2D eigenvalue weighted by Crippen LogP contribution is 2.38. The topological polar surface area (TPSA) is 36.7 Å². The van der Waals surface area contributed by atoms with Crippen molar-refractivity contribution in [3.05, 3.63) is 41.3 Å². The van der Waals surface area contributed by atoms with Gasteiger partial charge in [0.15, 0.2) is 0 Å². The van der Waals surface area contributed by atoms with E-state index in [2.05, 4.69) is 17.1 Å². The van der Waals surface area contributed by atoms with Crippen LogP contribution in [0.1, 0.15) is 42.9 Å². The van der Waals surface area contributed by atoms with Gasteiger partial charge in [-0.3, -0.25) is 4.98 Å². The van der Waals surface area contributed by atoms with E-state index in [1.54, 1.807) is 12.1 Å². The van der Waals surface area contributed by atoms with Crippen molar-refractivity contribution in [3.8, 4) is 6.07 Å². The number of pyridine rings is 1. The molecule has 3 heteroatoms. The fourth-order valence-electron chi connectivity index (χ4n) is 3.23. The van der Waals surface area contributed by atoms with E-state index in [1.807, 2.05) is 6.92 Å². The predicted molar refractivity (Wildman–Crippen MR) is 76.8 cm³/mol. The molecule has 1 aromatic carbocycles. The average molecular weight is 268 g/mol. The first-order valence-electron chi connectivity index (χ1n) is 7.14. The molecule has 1 aliphatic rings. The molecule has 1 fully saturated rings. The first kappa shape index (κ1) is 13.1. The monoisotopic (exact) mass is 268 g/mol. The summed E-state index contributed by atoms with van der Waals surface area (Å²) in [7, 11) is 0. The van der Waals surface area contributed by atoms with Gasteiger partial charge in [-0.1, -0.05) is 0 Å². The molecule has 1 aliphatic carbocycles. The summed E-state index contributed by atoms with van der Waals surface area (Å²) in [5, 5.41) is 9.92. The highest BCUT2D eigenvalue weighted by atomic mass is 19.1. The number of aromatic nitrogens is 1. The molecule has 0 spiro atoms. The van der Waals surface area contributed by atoms with Crippen molar-refractivity contribution in [2.75, 3.05) is 0 Å². The van der Waals surface area contributed by atoms with Crippen LogP contribution in [0.25, 0.3) is 10.9 Å². The zero-order valence-electron chi connectivity index (χ0n) is 11.6. The van der Waals surface area contributed by atoms with Crippen LogP contribution >= 0.6 is 0 Å². The van der Waals surface area contributed by atoms with Crippen molar-refractivity contribution in [3.63, 3.8) is 0 Å². The second-order valence-electron chi connectivity index (χ2n) is 5.69. The van der Waals surface area contributed by atoms with E-state index >= 15 is 0 Å². The van der Waals surface area contributed by atoms with Crippen molar-refractivity contribution in [2.45, 2.75) is 38.5 Å². The number of rotatable bonds is 1. The maximum Gasteiger partial charge on any atom is 0.123 e. The molecular weight excluding hydrogens is 251 g/mol. The van der Waals surface area contributed by atoms with E-state index in [-0.39, 0.29) is 11.7 Å². The summed E-state index contributed by atoms with van der Waals surface area (Å²) in [6.07, 6.45) is 3.90. The molecule has 0 radical (unpaired) electrons. The minimum Gasteiger partial charge on any atom is -0.253 e. The molecule has 2 nitrogen and oxygen atoms in total. The van der Waals surface area contributed by atoms with Crippen LogP contribution in [0.3, 0.4) is 0 Å². The van der Waals surface area contributed by atoms with Crippen molar-refractivity contribution in [2.24, 2.45) is 5.92 Å². The Hall–Kier alpha value is -1.95. The average Bonchev–Trinajstić information content (AvgIpc) is 2.47. The molecule has 0 amide bonds. The van der Waals surface area contributed by atoms with Crippen LogP contribution in [0.5, 0.6) is 0 Å². The summed E-state index contributed by atoms with van der Waals surface area (Å²) in [6.45, 7) is 1.98. The molecule has 0 N–H and O–H groups in total. The Labute approximate surface area is 118 Å². The standard InChI is InChI=1S/C17H17FN2/c1-11-8-15(13-4-2-12(10-19)3-5-13)16-9-14(18)6-7-17(16)20-11/h6-9,12-13H,2-5H2,1H3. The number of nitriles is 1. The molecular formula is C17H17FN2. The second-order valence-corrected chi connectivity index (χ2v) is 5.69. The van der Waals surface area contributed by atoms with E-state index in [9.17, 15) is 4.39 Å². The summed E-state index contributed by atoms with van der Waals surface area (Å²) in [4.78, 5) is 4.48. The van der Waals surface area contributed by atoms with Gasteiger partial charge in [0.1, 0.15) is 5.82 Å². The van der Waals surface area contributed by atoms with Crippen LogP contribution in [0.4, 0.5) is 4.39 Å². The van der Waals surface area contributed by atoms with E-state index in [1.165, 1.54) is 11.6 Å². The Bertz CT molecular complexity index is 679. The van der Waals surface area contributed by atoms with Gasteiger partial charge < -0.3 is 0 Å². The number of hydrogen-bond acceptors (Lipinski definition) is 2. The Balaban J connectivity index is 2.03. The number of fused-ring (bicyclic) bond motifs is 1. The van der Waals surface area contributed by atoms with Gasteiger partial charge in [-0.2, -0.15) is 5.26 Å². The minimum absolute atomic E-state index is 0.192. The first-order valence-corrected chi connectivity index (χ1v) is 7.14. The van der Waals surface area contributed by atoms with E-state index < -0.39 is 0 Å². The van der Waals surface area contributed by atoms with Crippen molar-refractivity contribution in [1.82, 2.24) is 4.98 Å². The molecule has 1 saturated carbocycles. The Morgan fingerprint density at radius 1 is 1.20 bits per heavy atom. The Morgan fingerprint density at radius 2 is 1.95 bits per heavy atom. The molecule has 3 rings (SSSR count). The van der Waals surface area contributed by atoms with Crippen molar-refractivity contribution >= 4 is 10.9 Å². The van der Waals surface area contributed by atoms with Crippen molar-refractivity contribution in [1.29, 1.82) is 5.26 Å². The zero-order valence-corrected chi connectivity index (χ0v) is 11.6. The molecule has 0 atom stereocenters. The largest absolute Gasteiger partial charge is 0.253 e. The van der Waals surface area contributed by atoms with Gasteiger partial charge >= 0.3 is 0 Å². The van der Waals surface area contributed by atoms with Crippen molar-refractivity contribution < 1.29 is 4.39 Å². The van der Waals surface area contributed by atoms with Crippen LogP contribution in [-0.2, 0) is 0 Å². The van der Waals surface area contributed by atoms with E-state index in [0.717, 1.165) is 42.3 Å². The SMILES string of the molecule is Cc1cc(C2CCC(C#N)CC2)c2cc(F)ccc2n1. The second kappa shape index (κ2) is 5.20. The maximum absolute atomic E-state index is 13.5. The lowest BCUT2D eigenvalue weighted by molar-refractivity contribution is 0.383. The molecule has 0 aliphatic heterocycles. The molecule has 1 aromatic heterocycles. The Morgan fingerprint density at radius 3 is 2.65 bits per heavy atom. The van der Waals surface area contributed by atoms with Crippen LogP contribution in [0.15, 0.2) is 24.3 Å². The van der Waals surface area contributed by atoms with Gasteiger partial charge in [-0.15, -0.1) is 0 Å². The van der Waals surface area contributed by atoms with Gasteiger partial charge in [-0.05, 0) is 68.4 Å². The van der Waals surface area contributed by atoms with Crippen LogP contribution in [-0.4, -0.2) is 4.98 Å². The predicted octanol–water partition coefficient (Wildman–Crippen LogP) is 4.48. The first-order chi connectivity index (χ1) is 9.67. The fraction of sp³-hybridized carbons (Fsp3) is 0.412. The summed E-state index contributed by atoms with van der Waals surface area (Å²) in [5.41, 5.74) is 3.04. The number of halogens is 1. The summed E-state index contributed by atoms with van der Waals surface area (Å²) in [5.74, 6) is 0.401. The molecule has 20 heavy (non-hydrogen) atoms. The molecule has 0 unspecified atom stereocenters. The highest BCUT2D eigenvalue weighted by Gasteiger charge is 2.24. The van der Waals surface area contributed by atoms with Gasteiger partial charge in [0.2, 0.25) is 0 Å². The third kappa shape index (κ3) is 2.38. The fourth-order valence-corrected chi connectivity index (χ4v) is 3.23. The van der Waals surface area contributed by atoms with Gasteiger partial charge in [0.05, 0.1) is 11.6 Å². The third-order valence-corrected chi connectivity index (χ3v) is 4.28. The normalized spacial score (nSPS) is 22.6. The third-order valence-electron chi connectivity index (χ3n) is 4.28. The summed E-state index contributed by atoms with van der Waals surface area (Å²) in [6, 6.07) is 9.25. The maximum atomic E-state index is 13.5. The van der Waals surface area contributed by atoms with Gasteiger partial charge in [0.25, 0.3) is 0 Å². The zero-order chi connectivity index (χ0) is 14.1. The number of benzene rings is 1. The van der Waals surface area contributed by atoms with Crippen LogP contribution in [0, 0.1) is 30.0 Å². The Kier molecular flexibility index (Phi) is 3.40. The number of nitrogens with zero attached hydrogens (tertiary/aromatic N) is 2. The smallest absolute Gasteiger partial charge is 0.123 e. The van der Waals surface area contributed by atoms with Gasteiger partial charge in [-0.25, -0.2) is 4.39 Å². The van der Waals surface area contributed by atoms with E-state index in [4.69, 9.17) is 5.26 Å². The molecule has 2 aromatic rings. The summed E-state index contributed by atoms with van der Waals surface area (Å²) < 4.78 is 13.5. The minimum atomic E-state index is -0.213. The summed E-state index contributed by atoms with van der Waals surface area (Å²) >= 11 is 0. The molecule has 0 bridgehead atoms. The van der Waals surface area contributed by atoms with Gasteiger partial charge in [0, 0.05) is 17.0 Å². The number of hydrogen-bond donors (Lipinski definition) is 0. The van der Waals surface area contributed by atoms with Crippen LogP contribution in [0.2, 0.25) is 0 Å². The highest BCUT2D eigenvalue weighted by molar-refractivity contribution is 5.83. The van der Waals surface area contributed by atoms with Crippen LogP contribution < -0.4 is 0 Å². The quantitative estimate of drug-likeness (QED) is 0.764. The number of aryl methyl sites for hydroxylation is 1. The molecule has 0 saturated heterocycles. The lowest BCUT2D eigenvalue weighted by Crippen LogP contribution is -2.12. The lowest BCUT2D eigenvalue weighted by atomic mass is 9.78. The van der Waals surface area contributed by atoms with E-state index in [0.29, 0.717) is 5.92 Å². The molecule has 102 valence electrons.